The van der Waals surface area contributed by atoms with Gasteiger partial charge >= 0.3 is 0 Å². The molecule has 27 heavy (non-hydrogen) atoms. The molecule has 1 atom stereocenters. The third-order valence-electron chi connectivity index (χ3n) is 4.43. The lowest BCUT2D eigenvalue weighted by Gasteiger charge is -2.07. The molecule has 4 rings (SSSR count). The number of pyridine rings is 3. The van der Waals surface area contributed by atoms with Crippen molar-refractivity contribution < 1.29 is 4.39 Å². The van der Waals surface area contributed by atoms with Gasteiger partial charge in [0, 0.05) is 42.8 Å². The molecule has 0 aromatic carbocycles. The van der Waals surface area contributed by atoms with Crippen LogP contribution in [0.2, 0.25) is 5.02 Å². The molecule has 4 heterocycles. The van der Waals surface area contributed by atoms with Crippen molar-refractivity contribution in [3.05, 3.63) is 81.6 Å². The number of hydrogen-bond acceptors (Lipinski definition) is 4. The average Bonchev–Trinajstić information content (AvgIpc) is 3.08. The molecule has 4 aromatic rings. The van der Waals surface area contributed by atoms with E-state index in [9.17, 15) is 9.18 Å². The minimum absolute atomic E-state index is 0.122. The van der Waals surface area contributed by atoms with Gasteiger partial charge in [0.2, 0.25) is 5.56 Å². The van der Waals surface area contributed by atoms with Gasteiger partial charge in [-0.2, -0.15) is 5.10 Å². The molecule has 0 aliphatic heterocycles. The fourth-order valence-corrected chi connectivity index (χ4v) is 3.22. The topological polar surface area (TPSA) is 65.1 Å². The number of fused-ring (bicyclic) bond motifs is 1. The summed E-state index contributed by atoms with van der Waals surface area (Å²) in [4.78, 5) is 20.4. The molecule has 0 aliphatic rings. The lowest BCUT2D eigenvalue weighted by molar-refractivity contribution is 0.584. The van der Waals surface area contributed by atoms with Crippen LogP contribution in [-0.2, 0) is 7.05 Å². The molecule has 1 unspecified atom stereocenters. The van der Waals surface area contributed by atoms with Gasteiger partial charge in [0.25, 0.3) is 0 Å². The predicted octanol–water partition coefficient (Wildman–Crippen LogP) is 3.43. The Morgan fingerprint density at radius 3 is 2.78 bits per heavy atom. The quantitative estimate of drug-likeness (QED) is 0.543. The maximum atomic E-state index is 14.1. The predicted molar refractivity (Wildman–Crippen MR) is 100 cm³/mol. The van der Waals surface area contributed by atoms with Crippen molar-refractivity contribution in [3.8, 4) is 11.1 Å². The standard InChI is InChI=1S/C19H15ClFN5O/c1-11(17-14(21)4-3-8-22-17)18-23-19-16(13(20)7-9-26(19)24-18)12-5-6-15(27)25(2)10-12/h3-11H,1-2H3. The van der Waals surface area contributed by atoms with E-state index in [0.29, 0.717) is 22.1 Å². The first kappa shape index (κ1) is 17.4. The Labute approximate surface area is 158 Å². The first-order valence-corrected chi connectivity index (χ1v) is 8.65. The van der Waals surface area contributed by atoms with Crippen molar-refractivity contribution in [1.82, 2.24) is 24.1 Å². The zero-order chi connectivity index (χ0) is 19.1. The Hall–Kier alpha value is -3.06. The first-order chi connectivity index (χ1) is 13.0. The Balaban J connectivity index is 1.89. The van der Waals surface area contributed by atoms with Crippen LogP contribution in [0.5, 0.6) is 0 Å². The third kappa shape index (κ3) is 3.00. The molecule has 136 valence electrons. The van der Waals surface area contributed by atoms with Gasteiger partial charge in [-0.1, -0.05) is 11.6 Å². The fourth-order valence-electron chi connectivity index (χ4n) is 2.97. The van der Waals surface area contributed by atoms with E-state index in [1.807, 2.05) is 0 Å². The molecule has 0 amide bonds. The Kier molecular flexibility index (Phi) is 4.24. The van der Waals surface area contributed by atoms with Crippen molar-refractivity contribution >= 4 is 17.2 Å². The van der Waals surface area contributed by atoms with Gasteiger partial charge in [-0.15, -0.1) is 0 Å². The minimum atomic E-state index is -0.433. The van der Waals surface area contributed by atoms with E-state index in [2.05, 4.69) is 15.1 Å². The van der Waals surface area contributed by atoms with Crippen molar-refractivity contribution in [1.29, 1.82) is 0 Å². The molecule has 0 aliphatic carbocycles. The van der Waals surface area contributed by atoms with E-state index in [1.165, 1.54) is 22.9 Å². The van der Waals surface area contributed by atoms with Crippen LogP contribution in [0.25, 0.3) is 16.8 Å². The summed E-state index contributed by atoms with van der Waals surface area (Å²) in [6.45, 7) is 1.80. The van der Waals surface area contributed by atoms with Gasteiger partial charge < -0.3 is 4.57 Å². The second-order valence-corrected chi connectivity index (χ2v) is 6.64. The van der Waals surface area contributed by atoms with Crippen molar-refractivity contribution in [3.63, 3.8) is 0 Å². The molecule has 4 aromatic heterocycles. The molecule has 0 fully saturated rings. The highest BCUT2D eigenvalue weighted by atomic mass is 35.5. The summed E-state index contributed by atoms with van der Waals surface area (Å²) in [5.74, 6) is -0.404. The molecule has 0 spiro atoms. The second kappa shape index (κ2) is 6.59. The number of nitrogens with zero attached hydrogens (tertiary/aromatic N) is 5. The summed E-state index contributed by atoms with van der Waals surface area (Å²) in [6, 6.07) is 7.78. The Morgan fingerprint density at radius 1 is 1.22 bits per heavy atom. The van der Waals surface area contributed by atoms with Crippen molar-refractivity contribution in [2.45, 2.75) is 12.8 Å². The normalized spacial score (nSPS) is 12.4. The minimum Gasteiger partial charge on any atom is -0.318 e. The molecular formula is C19H15ClFN5O. The summed E-state index contributed by atoms with van der Waals surface area (Å²) >= 11 is 6.42. The smallest absolute Gasteiger partial charge is 0.250 e. The van der Waals surface area contributed by atoms with E-state index >= 15 is 0 Å². The molecule has 0 saturated carbocycles. The van der Waals surface area contributed by atoms with Crippen molar-refractivity contribution in [2.75, 3.05) is 0 Å². The first-order valence-electron chi connectivity index (χ1n) is 8.28. The van der Waals surface area contributed by atoms with Crippen molar-refractivity contribution in [2.24, 2.45) is 7.05 Å². The summed E-state index contributed by atoms with van der Waals surface area (Å²) < 4.78 is 17.2. The number of aryl methyl sites for hydroxylation is 1. The lowest BCUT2D eigenvalue weighted by Crippen LogP contribution is -2.14. The van der Waals surface area contributed by atoms with Crippen LogP contribution in [-0.4, -0.2) is 24.1 Å². The van der Waals surface area contributed by atoms with Crippen LogP contribution >= 0.6 is 11.6 Å². The average molecular weight is 384 g/mol. The van der Waals surface area contributed by atoms with Gasteiger partial charge in [-0.05, 0) is 31.2 Å². The van der Waals surface area contributed by atoms with E-state index in [0.717, 1.165) is 5.56 Å². The molecule has 8 heteroatoms. The summed E-state index contributed by atoms with van der Waals surface area (Å²) in [5.41, 5.74) is 2.08. The maximum Gasteiger partial charge on any atom is 0.250 e. The fraction of sp³-hybridized carbons (Fsp3) is 0.158. The van der Waals surface area contributed by atoms with Crippen LogP contribution < -0.4 is 5.56 Å². The van der Waals surface area contributed by atoms with E-state index < -0.39 is 11.7 Å². The zero-order valence-electron chi connectivity index (χ0n) is 14.6. The monoisotopic (exact) mass is 383 g/mol. The number of halogens is 2. The van der Waals surface area contributed by atoms with Crippen LogP contribution in [0.3, 0.4) is 0 Å². The molecule has 0 N–H and O–H groups in total. The molecule has 6 nitrogen and oxygen atoms in total. The second-order valence-electron chi connectivity index (χ2n) is 6.24. The zero-order valence-corrected chi connectivity index (χ0v) is 15.4. The number of rotatable bonds is 3. The van der Waals surface area contributed by atoms with Gasteiger partial charge in [0.05, 0.1) is 16.6 Å². The van der Waals surface area contributed by atoms with Crippen LogP contribution in [0.1, 0.15) is 24.4 Å². The van der Waals surface area contributed by atoms with E-state index in [4.69, 9.17) is 11.6 Å². The molecule has 0 saturated heterocycles. The van der Waals surface area contributed by atoms with Crippen LogP contribution in [0, 0.1) is 5.82 Å². The number of aromatic nitrogens is 5. The summed E-state index contributed by atoms with van der Waals surface area (Å²) in [7, 11) is 1.67. The molecule has 0 radical (unpaired) electrons. The highest BCUT2D eigenvalue weighted by Gasteiger charge is 2.21. The highest BCUT2D eigenvalue weighted by Crippen LogP contribution is 2.32. The SMILES string of the molecule is CC(c1nc2c(-c3ccc(=O)n(C)c3)c(Cl)ccn2n1)c1ncccc1F. The largest absolute Gasteiger partial charge is 0.318 e. The summed E-state index contributed by atoms with van der Waals surface area (Å²) in [5, 5.41) is 4.95. The van der Waals surface area contributed by atoms with Gasteiger partial charge in [0.15, 0.2) is 11.5 Å². The van der Waals surface area contributed by atoms with E-state index in [1.54, 1.807) is 49.1 Å². The van der Waals surface area contributed by atoms with Crippen LogP contribution in [0.15, 0.2) is 53.7 Å². The van der Waals surface area contributed by atoms with Gasteiger partial charge in [-0.25, -0.2) is 13.9 Å². The van der Waals surface area contributed by atoms with E-state index in [-0.39, 0.29) is 11.3 Å². The maximum absolute atomic E-state index is 14.1. The Bertz CT molecular complexity index is 1220. The van der Waals surface area contributed by atoms with Gasteiger partial charge in [0.1, 0.15) is 5.82 Å². The summed E-state index contributed by atoms with van der Waals surface area (Å²) in [6.07, 6.45) is 4.93. The van der Waals surface area contributed by atoms with Crippen LogP contribution in [0.4, 0.5) is 4.39 Å². The Morgan fingerprint density at radius 2 is 2.04 bits per heavy atom. The lowest BCUT2D eigenvalue weighted by atomic mass is 10.1. The number of hydrogen-bond donors (Lipinski definition) is 0. The third-order valence-corrected chi connectivity index (χ3v) is 4.75. The molecule has 0 bridgehead atoms. The highest BCUT2D eigenvalue weighted by molar-refractivity contribution is 6.34. The van der Waals surface area contributed by atoms with Gasteiger partial charge in [-0.3, -0.25) is 9.78 Å². The molecular weight excluding hydrogens is 369 g/mol.